The predicted molar refractivity (Wildman–Crippen MR) is 107 cm³/mol. The predicted octanol–water partition coefficient (Wildman–Crippen LogP) is 5.22. The van der Waals surface area contributed by atoms with Gasteiger partial charge in [0.1, 0.15) is 16.9 Å². The molecule has 0 aliphatic heterocycles. The van der Waals surface area contributed by atoms with Crippen LogP contribution in [0.1, 0.15) is 16.4 Å². The first-order valence-corrected chi connectivity index (χ1v) is 10.1. The number of sulfone groups is 1. The standard InChI is InChI=1S/C19H12Cl2FN3O2S/c1-24-12-4-7-17(22)15(8-12)19(14-9-18(23)25-10-16(14)21)28(26,27)13-5-2-11(20)3-6-13/h2-10,19H,(H2,23,25). The van der Waals surface area contributed by atoms with Crippen molar-refractivity contribution in [3.63, 3.8) is 0 Å². The van der Waals surface area contributed by atoms with Crippen LogP contribution in [0.15, 0.2) is 59.6 Å². The molecule has 0 radical (unpaired) electrons. The largest absolute Gasteiger partial charge is 0.384 e. The number of nitrogens with two attached hydrogens (primary N) is 1. The fourth-order valence-electron chi connectivity index (χ4n) is 2.74. The van der Waals surface area contributed by atoms with Crippen LogP contribution in [0.2, 0.25) is 10.0 Å². The van der Waals surface area contributed by atoms with E-state index in [-0.39, 0.29) is 32.6 Å². The van der Waals surface area contributed by atoms with E-state index in [1.807, 2.05) is 0 Å². The maximum Gasteiger partial charge on any atom is 0.189 e. The van der Waals surface area contributed by atoms with Crippen molar-refractivity contribution in [2.75, 3.05) is 5.73 Å². The van der Waals surface area contributed by atoms with Crippen LogP contribution < -0.4 is 5.73 Å². The molecule has 2 aromatic carbocycles. The zero-order valence-electron chi connectivity index (χ0n) is 14.1. The van der Waals surface area contributed by atoms with Crippen molar-refractivity contribution in [1.82, 2.24) is 4.98 Å². The summed E-state index contributed by atoms with van der Waals surface area (Å²) in [7, 11) is -4.18. The van der Waals surface area contributed by atoms with Gasteiger partial charge in [0.05, 0.1) is 16.5 Å². The molecule has 3 rings (SSSR count). The quantitative estimate of drug-likeness (QED) is 0.569. The average Bonchev–Trinajstić information content (AvgIpc) is 2.66. The number of halogens is 3. The minimum atomic E-state index is -4.18. The maximum atomic E-state index is 14.7. The van der Waals surface area contributed by atoms with Crippen LogP contribution >= 0.6 is 23.2 Å². The van der Waals surface area contributed by atoms with Crippen LogP contribution in [0.5, 0.6) is 0 Å². The molecule has 0 fully saturated rings. The van der Waals surface area contributed by atoms with Gasteiger partial charge < -0.3 is 5.73 Å². The van der Waals surface area contributed by atoms with Gasteiger partial charge in [-0.3, -0.25) is 0 Å². The molecule has 2 N–H and O–H groups in total. The summed E-state index contributed by atoms with van der Waals surface area (Å²) in [6.45, 7) is 7.16. The molecule has 0 aliphatic rings. The Morgan fingerprint density at radius 3 is 2.39 bits per heavy atom. The van der Waals surface area contributed by atoms with E-state index < -0.39 is 20.9 Å². The maximum absolute atomic E-state index is 14.7. The van der Waals surface area contributed by atoms with E-state index in [4.69, 9.17) is 35.5 Å². The number of nitrogen functional groups attached to an aromatic ring is 1. The molecule has 1 heterocycles. The zero-order chi connectivity index (χ0) is 20.5. The first kappa shape index (κ1) is 20.1. The van der Waals surface area contributed by atoms with Crippen molar-refractivity contribution in [3.8, 4) is 0 Å². The molecule has 0 saturated heterocycles. The van der Waals surface area contributed by atoms with E-state index in [9.17, 15) is 12.8 Å². The van der Waals surface area contributed by atoms with E-state index in [1.165, 1.54) is 48.7 Å². The van der Waals surface area contributed by atoms with Gasteiger partial charge in [-0.2, -0.15) is 0 Å². The summed E-state index contributed by atoms with van der Waals surface area (Å²) in [4.78, 5) is 7.00. The lowest BCUT2D eigenvalue weighted by atomic mass is 10.0. The second-order valence-corrected chi connectivity index (χ2v) is 8.70. The van der Waals surface area contributed by atoms with Gasteiger partial charge in [0.25, 0.3) is 0 Å². The molecule has 1 aromatic heterocycles. The van der Waals surface area contributed by atoms with E-state index >= 15 is 0 Å². The molecule has 0 aliphatic carbocycles. The van der Waals surface area contributed by atoms with Gasteiger partial charge in [0.15, 0.2) is 15.5 Å². The second-order valence-electron chi connectivity index (χ2n) is 5.83. The third kappa shape index (κ3) is 3.80. The zero-order valence-corrected chi connectivity index (χ0v) is 16.4. The first-order chi connectivity index (χ1) is 13.2. The van der Waals surface area contributed by atoms with Crippen LogP contribution in [0.4, 0.5) is 15.9 Å². The van der Waals surface area contributed by atoms with Gasteiger partial charge in [-0.1, -0.05) is 29.3 Å². The van der Waals surface area contributed by atoms with Gasteiger partial charge in [0.2, 0.25) is 0 Å². The fraction of sp³-hybridized carbons (Fsp3) is 0.0526. The van der Waals surface area contributed by atoms with Crippen LogP contribution in [-0.4, -0.2) is 13.4 Å². The molecule has 5 nitrogen and oxygen atoms in total. The normalized spacial score (nSPS) is 12.4. The Bertz CT molecular complexity index is 1190. The number of anilines is 1. The molecule has 1 atom stereocenters. The fourth-order valence-corrected chi connectivity index (χ4v) is 4.97. The van der Waals surface area contributed by atoms with Crippen LogP contribution in [0, 0.1) is 12.4 Å². The SMILES string of the molecule is [C-]#[N+]c1ccc(F)c(C(c2cc(N)ncc2Cl)S(=O)(=O)c2ccc(Cl)cc2)c1. The van der Waals surface area contributed by atoms with E-state index in [1.54, 1.807) is 0 Å². The smallest absolute Gasteiger partial charge is 0.189 e. The summed E-state index contributed by atoms with van der Waals surface area (Å²) >= 11 is 12.1. The lowest BCUT2D eigenvalue weighted by molar-refractivity contribution is 0.578. The highest BCUT2D eigenvalue weighted by molar-refractivity contribution is 7.92. The Balaban J connectivity index is 2.34. The van der Waals surface area contributed by atoms with Gasteiger partial charge >= 0.3 is 0 Å². The van der Waals surface area contributed by atoms with Crippen molar-refractivity contribution in [2.45, 2.75) is 10.1 Å². The molecular weight excluding hydrogens is 424 g/mol. The second kappa shape index (κ2) is 7.76. The Morgan fingerprint density at radius 2 is 1.75 bits per heavy atom. The summed E-state index contributed by atoms with van der Waals surface area (Å²) in [6, 6.07) is 10.3. The summed E-state index contributed by atoms with van der Waals surface area (Å²) in [5.41, 5.74) is 5.65. The van der Waals surface area contributed by atoms with Crippen molar-refractivity contribution < 1.29 is 12.8 Å². The average molecular weight is 436 g/mol. The molecule has 1 unspecified atom stereocenters. The highest BCUT2D eigenvalue weighted by Gasteiger charge is 2.34. The number of hydrogen-bond acceptors (Lipinski definition) is 4. The lowest BCUT2D eigenvalue weighted by Crippen LogP contribution is -2.17. The highest BCUT2D eigenvalue weighted by Crippen LogP contribution is 2.41. The summed E-state index contributed by atoms with van der Waals surface area (Å²) in [5, 5.41) is -1.18. The van der Waals surface area contributed by atoms with E-state index in [2.05, 4.69) is 9.83 Å². The van der Waals surface area contributed by atoms with E-state index in [0.29, 0.717) is 5.02 Å². The van der Waals surface area contributed by atoms with Crippen molar-refractivity contribution in [1.29, 1.82) is 0 Å². The third-order valence-corrected chi connectivity index (χ3v) is 6.66. The minimum Gasteiger partial charge on any atom is -0.384 e. The van der Waals surface area contributed by atoms with Crippen molar-refractivity contribution in [3.05, 3.63) is 93.1 Å². The number of hydrogen-bond donors (Lipinski definition) is 1. The number of nitrogens with zero attached hydrogens (tertiary/aromatic N) is 2. The number of rotatable bonds is 4. The molecular formula is C19H12Cl2FN3O2S. The first-order valence-electron chi connectivity index (χ1n) is 7.81. The van der Waals surface area contributed by atoms with Gasteiger partial charge in [-0.05, 0) is 48.0 Å². The summed E-state index contributed by atoms with van der Waals surface area (Å²) in [5.74, 6) is -0.765. The number of aromatic nitrogens is 1. The Kier molecular flexibility index (Phi) is 5.57. The Morgan fingerprint density at radius 1 is 1.07 bits per heavy atom. The van der Waals surface area contributed by atoms with Crippen molar-refractivity contribution >= 4 is 44.5 Å². The molecule has 0 bridgehead atoms. The molecule has 3 aromatic rings. The molecule has 9 heteroatoms. The van der Waals surface area contributed by atoms with Crippen LogP contribution in [0.25, 0.3) is 4.85 Å². The summed E-state index contributed by atoms with van der Waals surface area (Å²) < 4.78 is 41.6. The minimum absolute atomic E-state index is 0.00403. The monoisotopic (exact) mass is 435 g/mol. The molecule has 0 saturated carbocycles. The topological polar surface area (TPSA) is 77.4 Å². The van der Waals surface area contributed by atoms with Gasteiger partial charge in [-0.15, -0.1) is 0 Å². The molecule has 142 valence electrons. The molecule has 0 spiro atoms. The number of benzene rings is 2. The highest BCUT2D eigenvalue weighted by atomic mass is 35.5. The third-order valence-electron chi connectivity index (χ3n) is 4.03. The van der Waals surface area contributed by atoms with Crippen molar-refractivity contribution in [2.24, 2.45) is 0 Å². The lowest BCUT2D eigenvalue weighted by Gasteiger charge is -2.21. The van der Waals surface area contributed by atoms with E-state index in [0.717, 1.165) is 6.07 Å². The van der Waals surface area contributed by atoms with Gasteiger partial charge in [0, 0.05) is 16.8 Å². The molecule has 28 heavy (non-hydrogen) atoms. The molecule has 0 amide bonds. The number of pyridine rings is 1. The Hall–Kier alpha value is -2.66. The Labute approximate surface area is 171 Å². The van der Waals surface area contributed by atoms with Gasteiger partial charge in [-0.25, -0.2) is 22.6 Å². The van der Waals surface area contributed by atoms with Crippen LogP contribution in [0.3, 0.4) is 0 Å². The summed E-state index contributed by atoms with van der Waals surface area (Å²) in [6.07, 6.45) is 1.20. The van der Waals surface area contributed by atoms with Crippen LogP contribution in [-0.2, 0) is 9.84 Å².